The average Bonchev–Trinajstić information content (AvgIpc) is 3.03. The Kier molecular flexibility index (Phi) is 5.90. The fraction of sp³-hybridized carbons (Fsp3) is 0.261. The first-order valence-electron chi connectivity index (χ1n) is 9.86. The highest BCUT2D eigenvalue weighted by atomic mass is 35.5. The summed E-state index contributed by atoms with van der Waals surface area (Å²) >= 11 is 7.65. The van der Waals surface area contributed by atoms with Gasteiger partial charge in [0.2, 0.25) is 0 Å². The molecule has 2 aliphatic heterocycles. The zero-order chi connectivity index (χ0) is 22.3. The van der Waals surface area contributed by atoms with E-state index < -0.39 is 17.8 Å². The van der Waals surface area contributed by atoms with Crippen LogP contribution in [0.25, 0.3) is 0 Å². The van der Waals surface area contributed by atoms with Crippen molar-refractivity contribution in [3.63, 3.8) is 0 Å². The third-order valence-electron chi connectivity index (χ3n) is 5.40. The van der Waals surface area contributed by atoms with Crippen LogP contribution in [0.5, 0.6) is 5.75 Å². The first-order chi connectivity index (χ1) is 14.8. The summed E-state index contributed by atoms with van der Waals surface area (Å²) in [6.45, 7) is 6.39. The summed E-state index contributed by atoms with van der Waals surface area (Å²) < 4.78 is 20.5. The molecule has 1 unspecified atom stereocenters. The number of ether oxygens (including phenoxy) is 1. The molecule has 0 saturated carbocycles. The van der Waals surface area contributed by atoms with Gasteiger partial charge in [-0.1, -0.05) is 29.4 Å². The molecule has 4 rings (SSSR count). The van der Waals surface area contributed by atoms with E-state index in [0.29, 0.717) is 28.7 Å². The van der Waals surface area contributed by atoms with Crippen molar-refractivity contribution in [2.75, 3.05) is 11.5 Å². The maximum absolute atomic E-state index is 13.5. The molecule has 2 aromatic carbocycles. The molecule has 2 heterocycles. The molecular formula is C23H21ClFN2O3S+. The predicted molar refractivity (Wildman–Crippen MR) is 120 cm³/mol. The van der Waals surface area contributed by atoms with Crippen LogP contribution in [0.3, 0.4) is 0 Å². The second-order valence-corrected chi connectivity index (χ2v) is 8.96. The Labute approximate surface area is 189 Å². The molecule has 0 saturated heterocycles. The van der Waals surface area contributed by atoms with Crippen LogP contribution in [-0.4, -0.2) is 28.2 Å². The van der Waals surface area contributed by atoms with E-state index in [0.717, 1.165) is 10.5 Å². The molecule has 2 aromatic rings. The first kappa shape index (κ1) is 21.6. The summed E-state index contributed by atoms with van der Waals surface area (Å²) in [5, 5.41) is 0.895. The fourth-order valence-electron chi connectivity index (χ4n) is 3.69. The van der Waals surface area contributed by atoms with Crippen molar-refractivity contribution in [1.29, 1.82) is 0 Å². The van der Waals surface area contributed by atoms with Crippen molar-refractivity contribution < 1.29 is 23.3 Å². The number of rotatable bonds is 5. The molecule has 0 fully saturated rings. The van der Waals surface area contributed by atoms with Crippen LogP contribution in [0.15, 0.2) is 52.9 Å². The molecule has 0 aliphatic carbocycles. The molecule has 160 valence electrons. The van der Waals surface area contributed by atoms with Crippen molar-refractivity contribution in [1.82, 2.24) is 0 Å². The normalized spacial score (nSPS) is 18.7. The van der Waals surface area contributed by atoms with Crippen LogP contribution in [0.2, 0.25) is 5.02 Å². The standard InChI is InChI=1S/C23H21ClFN2O3S/c1-4-30-18-9-7-17(8-10-18)27-21(28)20-13(2)14(3)31-22(20)26(23(27)29)12-15-5-6-16(25)11-19(15)24/h5-11,20H,4,12H2,1-3H3/q+1. The predicted octanol–water partition coefficient (Wildman–Crippen LogP) is 5.61. The van der Waals surface area contributed by atoms with Crippen LogP contribution >= 0.6 is 23.4 Å². The van der Waals surface area contributed by atoms with Crippen molar-refractivity contribution in [2.45, 2.75) is 27.3 Å². The molecule has 0 bridgehead atoms. The molecule has 2 aliphatic rings. The van der Waals surface area contributed by atoms with E-state index >= 15 is 0 Å². The summed E-state index contributed by atoms with van der Waals surface area (Å²) in [6, 6.07) is 10.5. The third-order valence-corrected chi connectivity index (χ3v) is 7.04. The number of halogens is 2. The average molecular weight is 460 g/mol. The highest BCUT2D eigenvalue weighted by Gasteiger charge is 2.52. The van der Waals surface area contributed by atoms with Gasteiger partial charge in [0.15, 0.2) is 11.0 Å². The Morgan fingerprint density at radius 1 is 1.16 bits per heavy atom. The van der Waals surface area contributed by atoms with Crippen LogP contribution in [-0.2, 0) is 11.3 Å². The second kappa shape index (κ2) is 8.48. The van der Waals surface area contributed by atoms with Gasteiger partial charge < -0.3 is 4.74 Å². The number of fused-ring (bicyclic) bond motifs is 1. The van der Waals surface area contributed by atoms with E-state index in [9.17, 15) is 14.0 Å². The zero-order valence-corrected chi connectivity index (χ0v) is 18.9. The van der Waals surface area contributed by atoms with Crippen LogP contribution in [0.4, 0.5) is 14.9 Å². The number of hydrogen-bond acceptors (Lipinski definition) is 4. The maximum Gasteiger partial charge on any atom is 0.506 e. The number of allylic oxidation sites excluding steroid dienone is 1. The zero-order valence-electron chi connectivity index (χ0n) is 17.3. The van der Waals surface area contributed by atoms with Gasteiger partial charge in [-0.05, 0) is 67.6 Å². The number of thioether (sulfide) groups is 1. The van der Waals surface area contributed by atoms with Gasteiger partial charge in [-0.3, -0.25) is 0 Å². The number of nitrogens with zero attached hydrogens (tertiary/aromatic N) is 2. The molecular weight excluding hydrogens is 439 g/mol. The smallest absolute Gasteiger partial charge is 0.494 e. The summed E-state index contributed by atoms with van der Waals surface area (Å²) in [6.07, 6.45) is 0. The van der Waals surface area contributed by atoms with E-state index in [4.69, 9.17) is 16.3 Å². The van der Waals surface area contributed by atoms with Gasteiger partial charge in [-0.25, -0.2) is 9.18 Å². The molecule has 5 nitrogen and oxygen atoms in total. The number of anilines is 1. The Hall–Kier alpha value is -2.64. The third kappa shape index (κ3) is 3.88. The Bertz CT molecular complexity index is 1140. The lowest BCUT2D eigenvalue weighted by atomic mass is 9.97. The van der Waals surface area contributed by atoms with Crippen molar-refractivity contribution in [3.05, 3.63) is 69.3 Å². The number of amides is 3. The SMILES string of the molecule is CCOc1ccc(N2C(=O)C3C(C)=C(C)SC3=[N+](Cc3ccc(F)cc3Cl)C2=O)cc1. The molecule has 31 heavy (non-hydrogen) atoms. The lowest BCUT2D eigenvalue weighted by Crippen LogP contribution is -2.53. The van der Waals surface area contributed by atoms with Gasteiger partial charge in [0.05, 0.1) is 11.6 Å². The summed E-state index contributed by atoms with van der Waals surface area (Å²) in [7, 11) is 0. The molecule has 0 N–H and O–H groups in total. The summed E-state index contributed by atoms with van der Waals surface area (Å²) in [5.41, 5.74) is 1.99. The molecule has 0 spiro atoms. The largest absolute Gasteiger partial charge is 0.506 e. The van der Waals surface area contributed by atoms with E-state index in [1.807, 2.05) is 20.8 Å². The quantitative estimate of drug-likeness (QED) is 0.545. The Balaban J connectivity index is 1.78. The van der Waals surface area contributed by atoms with E-state index in [-0.39, 0.29) is 17.5 Å². The van der Waals surface area contributed by atoms with Crippen LogP contribution in [0.1, 0.15) is 26.3 Å². The fourth-order valence-corrected chi connectivity index (χ4v) is 5.15. The minimum atomic E-state index is -0.534. The first-order valence-corrected chi connectivity index (χ1v) is 11.1. The molecule has 0 aromatic heterocycles. The highest BCUT2D eigenvalue weighted by Crippen LogP contribution is 2.42. The molecule has 0 radical (unpaired) electrons. The van der Waals surface area contributed by atoms with Crippen LogP contribution < -0.4 is 9.64 Å². The number of imide groups is 1. The van der Waals surface area contributed by atoms with E-state index in [2.05, 4.69) is 0 Å². The molecule has 8 heteroatoms. The van der Waals surface area contributed by atoms with Crippen molar-refractivity contribution in [3.8, 4) is 5.75 Å². The van der Waals surface area contributed by atoms with E-state index in [1.165, 1.54) is 28.8 Å². The number of urea groups is 1. The number of carbonyl (C=O) groups excluding carboxylic acids is 2. The minimum Gasteiger partial charge on any atom is -0.494 e. The van der Waals surface area contributed by atoms with Gasteiger partial charge in [0.25, 0.3) is 0 Å². The van der Waals surface area contributed by atoms with Crippen LogP contribution in [0, 0.1) is 11.7 Å². The highest BCUT2D eigenvalue weighted by molar-refractivity contribution is 8.17. The lowest BCUT2D eigenvalue weighted by Gasteiger charge is -2.25. The molecule has 1 atom stereocenters. The Morgan fingerprint density at radius 3 is 2.52 bits per heavy atom. The Morgan fingerprint density at radius 2 is 1.87 bits per heavy atom. The van der Waals surface area contributed by atoms with Gasteiger partial charge in [0, 0.05) is 5.56 Å². The van der Waals surface area contributed by atoms with Crippen molar-refractivity contribution >= 4 is 46.0 Å². The summed E-state index contributed by atoms with van der Waals surface area (Å²) in [5.74, 6) is -0.603. The lowest BCUT2D eigenvalue weighted by molar-refractivity contribution is -0.443. The molecule has 3 amide bonds. The topological polar surface area (TPSA) is 49.6 Å². The van der Waals surface area contributed by atoms with E-state index in [1.54, 1.807) is 34.9 Å². The van der Waals surface area contributed by atoms with Crippen molar-refractivity contribution in [2.24, 2.45) is 5.92 Å². The number of benzene rings is 2. The van der Waals surface area contributed by atoms with Gasteiger partial charge in [-0.2, -0.15) is 9.37 Å². The number of carbonyl (C=O) groups is 2. The van der Waals surface area contributed by atoms with Gasteiger partial charge in [0.1, 0.15) is 23.8 Å². The minimum absolute atomic E-state index is 0.137. The number of hydrogen-bond donors (Lipinski definition) is 0. The maximum atomic E-state index is 13.5. The summed E-state index contributed by atoms with van der Waals surface area (Å²) in [4.78, 5) is 29.1. The monoisotopic (exact) mass is 459 g/mol. The van der Waals surface area contributed by atoms with Gasteiger partial charge >= 0.3 is 11.9 Å². The second-order valence-electron chi connectivity index (χ2n) is 7.32. The van der Waals surface area contributed by atoms with Gasteiger partial charge in [-0.15, -0.1) is 4.90 Å².